The number of ether oxygens (including phenoxy) is 2. The van der Waals surface area contributed by atoms with Gasteiger partial charge in [-0.1, -0.05) is 0 Å². The van der Waals surface area contributed by atoms with Crippen molar-refractivity contribution in [2.75, 3.05) is 18.5 Å². The molecule has 0 saturated carbocycles. The lowest BCUT2D eigenvalue weighted by Crippen LogP contribution is -2.28. The number of alkyl carbamates (subject to hydrolysis) is 1. The van der Waals surface area contributed by atoms with E-state index in [9.17, 15) is 13.2 Å². The Hall–Kier alpha value is -2.92. The Morgan fingerprint density at radius 2 is 1.91 bits per heavy atom. The summed E-state index contributed by atoms with van der Waals surface area (Å²) in [6, 6.07) is 4.55. The molecule has 0 fully saturated rings. The summed E-state index contributed by atoms with van der Waals surface area (Å²) in [5, 5.41) is 11.1. The Morgan fingerprint density at radius 1 is 1.12 bits per heavy atom. The van der Waals surface area contributed by atoms with Crippen LogP contribution >= 0.6 is 0 Å². The van der Waals surface area contributed by atoms with E-state index in [2.05, 4.69) is 20.6 Å². The zero-order valence-corrected chi connectivity index (χ0v) is 18.9. The Bertz CT molecular complexity index is 1010. The molecular weight excluding hydrogens is 434 g/mol. The summed E-state index contributed by atoms with van der Waals surface area (Å²) in [5.41, 5.74) is 1.55. The number of carbonyl (C=O) groups excluding carboxylic acids is 1. The number of hydrogen-bond donors (Lipinski definition) is 3. The van der Waals surface area contributed by atoms with Crippen LogP contribution in [0.15, 0.2) is 35.5 Å². The summed E-state index contributed by atoms with van der Waals surface area (Å²) in [6.45, 7) is 2.68. The lowest BCUT2D eigenvalue weighted by atomic mass is 10.1. The molecule has 0 radical (unpaired) electrons. The molecule has 3 heterocycles. The fourth-order valence-corrected chi connectivity index (χ4v) is 3.92. The predicted molar refractivity (Wildman–Crippen MR) is 119 cm³/mol. The van der Waals surface area contributed by atoms with E-state index in [-0.39, 0.29) is 16.7 Å². The highest BCUT2D eigenvalue weighted by Gasteiger charge is 2.16. The third-order valence-corrected chi connectivity index (χ3v) is 5.89. The number of benzene rings is 1. The molecule has 4 bridgehead atoms. The topological polar surface area (TPSA) is 146 Å². The van der Waals surface area contributed by atoms with Crippen LogP contribution in [0, 0.1) is 0 Å². The normalized spacial score (nSPS) is 18.9. The van der Waals surface area contributed by atoms with Crippen molar-refractivity contribution >= 4 is 27.8 Å². The Kier molecular flexibility index (Phi) is 8.23. The first-order chi connectivity index (χ1) is 15.3. The summed E-state index contributed by atoms with van der Waals surface area (Å²) in [6.07, 6.45) is 7.41. The van der Waals surface area contributed by atoms with Gasteiger partial charge in [0.1, 0.15) is 16.7 Å². The molecule has 2 aliphatic rings. The molecule has 0 spiro atoms. The number of carbonyl (C=O) groups is 1. The fourth-order valence-electron chi connectivity index (χ4n) is 3.26. The molecule has 32 heavy (non-hydrogen) atoms. The van der Waals surface area contributed by atoms with E-state index >= 15 is 0 Å². The first-order valence-electron chi connectivity index (χ1n) is 10.6. The average molecular weight is 464 g/mol. The van der Waals surface area contributed by atoms with Crippen molar-refractivity contribution in [3.8, 4) is 5.75 Å². The first-order valence-corrected chi connectivity index (χ1v) is 12.2. The van der Waals surface area contributed by atoms with E-state index in [0.717, 1.165) is 37.7 Å². The smallest absolute Gasteiger partial charge is 0.407 e. The molecular formula is C21H29N5O5S. The van der Waals surface area contributed by atoms with E-state index in [4.69, 9.17) is 14.6 Å². The molecule has 2 aromatic rings. The molecule has 174 valence electrons. The molecule has 0 unspecified atom stereocenters. The van der Waals surface area contributed by atoms with Crippen molar-refractivity contribution < 1.29 is 22.7 Å². The number of sulfonamides is 1. The zero-order chi connectivity index (χ0) is 23.0. The summed E-state index contributed by atoms with van der Waals surface area (Å²) >= 11 is 0. The molecule has 1 aromatic carbocycles. The number of hydrogen-bond acceptors (Lipinski definition) is 8. The van der Waals surface area contributed by atoms with Gasteiger partial charge in [-0.3, -0.25) is 0 Å². The number of anilines is 2. The van der Waals surface area contributed by atoms with E-state index in [0.29, 0.717) is 31.2 Å². The highest BCUT2D eigenvalue weighted by Crippen LogP contribution is 2.28. The van der Waals surface area contributed by atoms with Gasteiger partial charge in [0.15, 0.2) is 0 Å². The van der Waals surface area contributed by atoms with Crippen molar-refractivity contribution in [2.45, 2.75) is 56.4 Å². The van der Waals surface area contributed by atoms with Crippen LogP contribution < -0.4 is 20.5 Å². The maximum Gasteiger partial charge on any atom is 0.407 e. The van der Waals surface area contributed by atoms with Gasteiger partial charge in [-0.2, -0.15) is 0 Å². The maximum absolute atomic E-state index is 11.9. The van der Waals surface area contributed by atoms with E-state index in [1.807, 2.05) is 6.92 Å². The molecule has 1 aromatic heterocycles. The van der Waals surface area contributed by atoms with Crippen LogP contribution in [0.3, 0.4) is 0 Å². The molecule has 0 aliphatic carbocycles. The lowest BCUT2D eigenvalue weighted by Gasteiger charge is -2.14. The fraction of sp³-hybridized carbons (Fsp3) is 0.476. The SMILES string of the molecule is C[C@@H]1CCCc2cnc(nc2)Nc2ccc(S(N)(=O)=O)c(c2)OCCCCCNC(=O)O1. The second-order valence-corrected chi connectivity index (χ2v) is 9.22. The van der Waals surface area contributed by atoms with Gasteiger partial charge in [-0.15, -0.1) is 0 Å². The lowest BCUT2D eigenvalue weighted by molar-refractivity contribution is 0.101. The third kappa shape index (κ3) is 7.34. The first kappa shape index (κ1) is 23.7. The molecule has 10 nitrogen and oxygen atoms in total. The summed E-state index contributed by atoms with van der Waals surface area (Å²) in [7, 11) is -3.94. The minimum Gasteiger partial charge on any atom is -0.492 e. The van der Waals surface area contributed by atoms with E-state index < -0.39 is 16.1 Å². The van der Waals surface area contributed by atoms with Crippen LogP contribution in [0.2, 0.25) is 0 Å². The molecule has 1 atom stereocenters. The highest BCUT2D eigenvalue weighted by atomic mass is 32.2. The van der Waals surface area contributed by atoms with Gasteiger partial charge < -0.3 is 20.1 Å². The summed E-state index contributed by atoms with van der Waals surface area (Å²) in [4.78, 5) is 20.4. The van der Waals surface area contributed by atoms with E-state index in [1.54, 1.807) is 24.5 Å². The van der Waals surface area contributed by atoms with Crippen LogP contribution in [-0.2, 0) is 21.2 Å². The summed E-state index contributed by atoms with van der Waals surface area (Å²) < 4.78 is 34.9. The van der Waals surface area contributed by atoms with E-state index in [1.165, 1.54) is 6.07 Å². The van der Waals surface area contributed by atoms with Gasteiger partial charge in [-0.25, -0.2) is 28.3 Å². The van der Waals surface area contributed by atoms with Crippen LogP contribution in [-0.4, -0.2) is 43.7 Å². The molecule has 4 rings (SSSR count). The third-order valence-electron chi connectivity index (χ3n) is 4.94. The number of amides is 1. The number of nitrogens with one attached hydrogen (secondary N) is 2. The number of aromatic nitrogens is 2. The minimum absolute atomic E-state index is 0.0868. The predicted octanol–water partition coefficient (Wildman–Crippen LogP) is 2.87. The van der Waals surface area contributed by atoms with Gasteiger partial charge >= 0.3 is 6.09 Å². The molecule has 4 N–H and O–H groups in total. The van der Waals surface area contributed by atoms with Crippen molar-refractivity contribution in [1.29, 1.82) is 0 Å². The second-order valence-electron chi connectivity index (χ2n) is 7.69. The molecule has 0 saturated heterocycles. The number of primary sulfonamides is 1. The molecule has 1 amide bonds. The molecule has 11 heteroatoms. The number of rotatable bonds is 1. The van der Waals surface area contributed by atoms with Gasteiger partial charge in [-0.05, 0) is 63.1 Å². The van der Waals surface area contributed by atoms with Crippen molar-refractivity contribution in [3.63, 3.8) is 0 Å². The van der Waals surface area contributed by atoms with Gasteiger partial charge in [0, 0.05) is 30.7 Å². The number of aryl methyl sites for hydroxylation is 1. The minimum atomic E-state index is -3.94. The van der Waals surface area contributed by atoms with Crippen LogP contribution in [0.1, 0.15) is 44.6 Å². The quantitative estimate of drug-likeness (QED) is 0.585. The van der Waals surface area contributed by atoms with Crippen LogP contribution in [0.5, 0.6) is 5.75 Å². The van der Waals surface area contributed by atoms with Gasteiger partial charge in [0.05, 0.1) is 6.61 Å². The Labute approximate surface area is 188 Å². The number of nitrogens with zero attached hydrogens (tertiary/aromatic N) is 2. The maximum atomic E-state index is 11.9. The Morgan fingerprint density at radius 3 is 2.66 bits per heavy atom. The summed E-state index contributed by atoms with van der Waals surface area (Å²) in [5.74, 6) is 0.540. The largest absolute Gasteiger partial charge is 0.492 e. The second kappa shape index (κ2) is 11.1. The van der Waals surface area contributed by atoms with Gasteiger partial charge in [0.2, 0.25) is 16.0 Å². The van der Waals surface area contributed by atoms with Crippen LogP contribution in [0.25, 0.3) is 0 Å². The van der Waals surface area contributed by atoms with Crippen LogP contribution in [0.4, 0.5) is 16.4 Å². The highest BCUT2D eigenvalue weighted by molar-refractivity contribution is 7.89. The Balaban J connectivity index is 1.77. The van der Waals surface area contributed by atoms with Crippen molar-refractivity contribution in [3.05, 3.63) is 36.2 Å². The monoisotopic (exact) mass is 463 g/mol. The zero-order valence-electron chi connectivity index (χ0n) is 18.0. The standard InChI is InChI=1S/C21H29N5O5S/c1-15-6-5-7-16-13-24-20(25-14-16)26-17-8-9-19(32(22,28)29)18(12-17)30-11-4-2-3-10-23-21(27)31-15/h8-9,12-15H,2-7,10-11H2,1H3,(H,23,27)(H2,22,28,29)(H,24,25,26)/t15-/m1/s1. The molecule has 2 aliphatic heterocycles. The van der Waals surface area contributed by atoms with Crippen molar-refractivity contribution in [1.82, 2.24) is 15.3 Å². The number of fused-ring (bicyclic) bond motifs is 14. The average Bonchev–Trinajstić information content (AvgIpc) is 2.73. The van der Waals surface area contributed by atoms with Gasteiger partial charge in [0.25, 0.3) is 0 Å². The number of nitrogens with two attached hydrogens (primary N) is 1. The van der Waals surface area contributed by atoms with Crippen molar-refractivity contribution in [2.24, 2.45) is 5.14 Å².